The highest BCUT2D eigenvalue weighted by Gasteiger charge is 2.30. The van der Waals surface area contributed by atoms with Gasteiger partial charge in [0.05, 0.1) is 6.04 Å². The number of rotatable bonds is 6. The largest absolute Gasteiger partial charge is 0.353 e. The number of hydrogen-bond acceptors (Lipinski definition) is 3. The summed E-state index contributed by atoms with van der Waals surface area (Å²) in [5, 5.41) is 6.17. The SMILES string of the molecule is O=C(CCN1CCNC(=O)[C@H]1Cc1ccccc1)NC1CCCCCC1. The van der Waals surface area contributed by atoms with Crippen molar-refractivity contribution in [2.75, 3.05) is 19.6 Å². The quantitative estimate of drug-likeness (QED) is 0.768. The first-order chi connectivity index (χ1) is 12.7. The third-order valence-corrected chi connectivity index (χ3v) is 5.56. The maximum Gasteiger partial charge on any atom is 0.237 e. The Bertz CT molecular complexity index is 582. The number of amides is 2. The lowest BCUT2D eigenvalue weighted by molar-refractivity contribution is -0.130. The number of carbonyl (C=O) groups is 2. The second kappa shape index (κ2) is 9.72. The molecule has 5 heteroatoms. The normalized spacial score (nSPS) is 22.5. The average molecular weight is 357 g/mol. The summed E-state index contributed by atoms with van der Waals surface area (Å²) in [6.45, 7) is 2.11. The number of piperazine rings is 1. The topological polar surface area (TPSA) is 61.4 Å². The summed E-state index contributed by atoms with van der Waals surface area (Å²) in [5.74, 6) is 0.200. The van der Waals surface area contributed by atoms with E-state index in [-0.39, 0.29) is 17.9 Å². The van der Waals surface area contributed by atoms with Gasteiger partial charge in [-0.15, -0.1) is 0 Å². The lowest BCUT2D eigenvalue weighted by atomic mass is 10.0. The number of benzene rings is 1. The minimum atomic E-state index is -0.183. The molecule has 1 saturated heterocycles. The van der Waals surface area contributed by atoms with Crippen molar-refractivity contribution in [3.63, 3.8) is 0 Å². The molecule has 2 fully saturated rings. The molecule has 2 N–H and O–H groups in total. The van der Waals surface area contributed by atoms with Crippen LogP contribution in [0.2, 0.25) is 0 Å². The minimum absolute atomic E-state index is 0.0734. The van der Waals surface area contributed by atoms with Gasteiger partial charge in [0.15, 0.2) is 0 Å². The van der Waals surface area contributed by atoms with E-state index < -0.39 is 0 Å². The molecule has 0 unspecified atom stereocenters. The van der Waals surface area contributed by atoms with Gasteiger partial charge in [0, 0.05) is 32.1 Å². The van der Waals surface area contributed by atoms with Gasteiger partial charge in [0.2, 0.25) is 11.8 Å². The summed E-state index contributed by atoms with van der Waals surface area (Å²) in [6.07, 6.45) is 8.38. The molecule has 1 saturated carbocycles. The summed E-state index contributed by atoms with van der Waals surface area (Å²) < 4.78 is 0. The molecule has 0 radical (unpaired) electrons. The molecule has 1 aliphatic heterocycles. The first kappa shape index (κ1) is 18.9. The molecule has 5 nitrogen and oxygen atoms in total. The minimum Gasteiger partial charge on any atom is -0.353 e. The maximum atomic E-state index is 12.4. The number of hydrogen-bond donors (Lipinski definition) is 2. The van der Waals surface area contributed by atoms with Crippen molar-refractivity contribution in [2.24, 2.45) is 0 Å². The molecular formula is C21H31N3O2. The molecule has 1 aromatic carbocycles. The van der Waals surface area contributed by atoms with E-state index in [9.17, 15) is 9.59 Å². The highest BCUT2D eigenvalue weighted by atomic mass is 16.2. The monoisotopic (exact) mass is 357 g/mol. The fourth-order valence-electron chi connectivity index (χ4n) is 4.06. The van der Waals surface area contributed by atoms with Crippen LogP contribution in [0.3, 0.4) is 0 Å². The number of carbonyl (C=O) groups excluding carboxylic acids is 2. The van der Waals surface area contributed by atoms with E-state index in [0.717, 1.165) is 24.9 Å². The fourth-order valence-corrected chi connectivity index (χ4v) is 4.06. The summed E-state index contributed by atoms with van der Waals surface area (Å²) in [7, 11) is 0. The van der Waals surface area contributed by atoms with Gasteiger partial charge >= 0.3 is 0 Å². The van der Waals surface area contributed by atoms with Crippen LogP contribution in [0.4, 0.5) is 0 Å². The van der Waals surface area contributed by atoms with Crippen LogP contribution in [0.15, 0.2) is 30.3 Å². The molecule has 3 rings (SSSR count). The Balaban J connectivity index is 1.51. The van der Waals surface area contributed by atoms with Crippen molar-refractivity contribution in [3.8, 4) is 0 Å². The van der Waals surface area contributed by atoms with Crippen molar-refractivity contribution in [2.45, 2.75) is 63.5 Å². The number of nitrogens with zero attached hydrogens (tertiary/aromatic N) is 1. The fraction of sp³-hybridized carbons (Fsp3) is 0.619. The molecule has 1 atom stereocenters. The molecule has 0 aromatic heterocycles. The van der Waals surface area contributed by atoms with E-state index in [1.54, 1.807) is 0 Å². The van der Waals surface area contributed by atoms with Gasteiger partial charge in [-0.25, -0.2) is 0 Å². The zero-order valence-corrected chi connectivity index (χ0v) is 15.6. The van der Waals surface area contributed by atoms with Crippen LogP contribution in [0.25, 0.3) is 0 Å². The highest BCUT2D eigenvalue weighted by Crippen LogP contribution is 2.17. The molecule has 142 valence electrons. The van der Waals surface area contributed by atoms with Crippen LogP contribution in [-0.4, -0.2) is 48.4 Å². The third kappa shape index (κ3) is 5.56. The highest BCUT2D eigenvalue weighted by molar-refractivity contribution is 5.83. The molecule has 1 heterocycles. The predicted octanol–water partition coefficient (Wildman–Crippen LogP) is 2.26. The van der Waals surface area contributed by atoms with E-state index in [0.29, 0.717) is 32.0 Å². The average Bonchev–Trinajstić information content (AvgIpc) is 2.92. The second-order valence-corrected chi connectivity index (χ2v) is 7.54. The van der Waals surface area contributed by atoms with E-state index in [2.05, 4.69) is 27.7 Å². The third-order valence-electron chi connectivity index (χ3n) is 5.56. The van der Waals surface area contributed by atoms with Crippen LogP contribution in [0.5, 0.6) is 0 Å². The summed E-state index contributed by atoms with van der Waals surface area (Å²) in [6, 6.07) is 10.3. The summed E-state index contributed by atoms with van der Waals surface area (Å²) in [5.41, 5.74) is 1.16. The first-order valence-electron chi connectivity index (χ1n) is 10.1. The van der Waals surface area contributed by atoms with Gasteiger partial charge in [-0.2, -0.15) is 0 Å². The molecule has 1 aromatic rings. The van der Waals surface area contributed by atoms with Crippen molar-refractivity contribution in [1.29, 1.82) is 0 Å². The van der Waals surface area contributed by atoms with E-state index in [1.807, 2.05) is 18.2 Å². The Morgan fingerprint density at radius 1 is 1.12 bits per heavy atom. The van der Waals surface area contributed by atoms with Gasteiger partial charge in [0.25, 0.3) is 0 Å². The maximum absolute atomic E-state index is 12.4. The second-order valence-electron chi connectivity index (χ2n) is 7.54. The molecule has 1 aliphatic carbocycles. The molecular weight excluding hydrogens is 326 g/mol. The van der Waals surface area contributed by atoms with Crippen LogP contribution in [0.1, 0.15) is 50.5 Å². The van der Waals surface area contributed by atoms with Crippen LogP contribution in [-0.2, 0) is 16.0 Å². The van der Waals surface area contributed by atoms with Gasteiger partial charge in [-0.1, -0.05) is 56.0 Å². The lowest BCUT2D eigenvalue weighted by Gasteiger charge is -2.35. The van der Waals surface area contributed by atoms with Crippen LogP contribution >= 0.6 is 0 Å². The summed E-state index contributed by atoms with van der Waals surface area (Å²) >= 11 is 0. The Morgan fingerprint density at radius 2 is 1.85 bits per heavy atom. The van der Waals surface area contributed by atoms with Crippen molar-refractivity contribution in [1.82, 2.24) is 15.5 Å². The van der Waals surface area contributed by atoms with Crippen molar-refractivity contribution < 1.29 is 9.59 Å². The first-order valence-corrected chi connectivity index (χ1v) is 10.1. The molecule has 2 amide bonds. The van der Waals surface area contributed by atoms with Gasteiger partial charge in [-0.3, -0.25) is 14.5 Å². The zero-order chi connectivity index (χ0) is 18.2. The Kier molecular flexibility index (Phi) is 7.06. The van der Waals surface area contributed by atoms with Crippen LogP contribution < -0.4 is 10.6 Å². The molecule has 0 bridgehead atoms. The van der Waals surface area contributed by atoms with Crippen molar-refractivity contribution in [3.05, 3.63) is 35.9 Å². The lowest BCUT2D eigenvalue weighted by Crippen LogP contribution is -2.56. The predicted molar refractivity (Wildman–Crippen MR) is 103 cm³/mol. The van der Waals surface area contributed by atoms with Crippen LogP contribution in [0, 0.1) is 0 Å². The standard InChI is InChI=1S/C21H31N3O2/c25-20(23-18-10-6-1-2-7-11-18)12-14-24-15-13-22-21(26)19(24)16-17-8-4-3-5-9-17/h3-5,8-9,18-19H,1-2,6-7,10-16H2,(H,22,26)(H,23,25)/t19-/m1/s1. The molecule has 26 heavy (non-hydrogen) atoms. The summed E-state index contributed by atoms with van der Waals surface area (Å²) in [4.78, 5) is 26.9. The Hall–Kier alpha value is -1.88. The zero-order valence-electron chi connectivity index (χ0n) is 15.6. The van der Waals surface area contributed by atoms with E-state index in [1.165, 1.54) is 25.7 Å². The Labute approximate surface area is 156 Å². The van der Waals surface area contributed by atoms with E-state index >= 15 is 0 Å². The van der Waals surface area contributed by atoms with E-state index in [4.69, 9.17) is 0 Å². The molecule has 0 spiro atoms. The smallest absolute Gasteiger partial charge is 0.237 e. The Morgan fingerprint density at radius 3 is 2.58 bits per heavy atom. The van der Waals surface area contributed by atoms with Crippen molar-refractivity contribution >= 4 is 11.8 Å². The molecule has 2 aliphatic rings. The number of nitrogens with one attached hydrogen (secondary N) is 2. The van der Waals surface area contributed by atoms with Gasteiger partial charge in [-0.05, 0) is 24.8 Å². The van der Waals surface area contributed by atoms with Gasteiger partial charge in [0.1, 0.15) is 0 Å². The van der Waals surface area contributed by atoms with Gasteiger partial charge < -0.3 is 10.6 Å².